The second-order valence-corrected chi connectivity index (χ2v) is 5.87. The molecule has 20 heavy (non-hydrogen) atoms. The smallest absolute Gasteiger partial charge is 0.262 e. The highest BCUT2D eigenvalue weighted by atomic mass is 32.2. The zero-order valence-electron chi connectivity index (χ0n) is 10.7. The van der Waals surface area contributed by atoms with Crippen molar-refractivity contribution >= 4 is 39.5 Å². The summed E-state index contributed by atoms with van der Waals surface area (Å²) in [6.45, 7) is 0. The lowest BCUT2D eigenvalue weighted by atomic mass is 10.4. The van der Waals surface area contributed by atoms with E-state index < -0.39 is 0 Å². The van der Waals surface area contributed by atoms with Gasteiger partial charge in [0, 0.05) is 25.6 Å². The number of thioether (sulfide) groups is 1. The molecule has 0 bridgehead atoms. The minimum atomic E-state index is -0.202. The molecule has 0 unspecified atom stereocenters. The van der Waals surface area contributed by atoms with Crippen molar-refractivity contribution in [2.45, 2.75) is 10.9 Å². The Hall–Kier alpha value is -1.94. The van der Waals surface area contributed by atoms with E-state index in [0.717, 1.165) is 11.0 Å². The second kappa shape index (κ2) is 5.21. The maximum atomic E-state index is 11.8. The van der Waals surface area contributed by atoms with Crippen LogP contribution in [0.3, 0.4) is 0 Å². The molecule has 0 spiro atoms. The normalized spacial score (nSPS) is 11.1. The van der Waals surface area contributed by atoms with Gasteiger partial charge in [0.25, 0.3) is 5.56 Å². The second-order valence-electron chi connectivity index (χ2n) is 4.18. The van der Waals surface area contributed by atoms with Crippen LogP contribution in [0.25, 0.3) is 11.0 Å². The van der Waals surface area contributed by atoms with Gasteiger partial charge in [-0.1, -0.05) is 11.8 Å². The molecule has 3 rings (SSSR count). The number of nitrogens with one attached hydrogen (secondary N) is 2. The summed E-state index contributed by atoms with van der Waals surface area (Å²) < 4.78 is 4.26. The Labute approximate surface area is 121 Å². The molecule has 104 valence electrons. The molecule has 0 amide bonds. The van der Waals surface area contributed by atoms with Gasteiger partial charge in [-0.05, 0) is 0 Å². The van der Waals surface area contributed by atoms with Crippen LogP contribution in [-0.4, -0.2) is 43.6 Å². The van der Waals surface area contributed by atoms with Gasteiger partial charge < -0.3 is 9.88 Å². The average Bonchev–Trinajstić information content (AvgIpc) is 3.05. The number of fused-ring (bicyclic) bond motifs is 1. The Balaban J connectivity index is 1.77. The SMILES string of the molecule is CN(C)c1nc(CSc2nc3[nH]ncc3c(=O)[nH]2)ns1. The first-order chi connectivity index (χ1) is 9.63. The fourth-order valence-corrected chi connectivity index (χ4v) is 2.91. The van der Waals surface area contributed by atoms with E-state index >= 15 is 0 Å². The van der Waals surface area contributed by atoms with E-state index in [1.54, 1.807) is 0 Å². The maximum absolute atomic E-state index is 11.8. The quantitative estimate of drug-likeness (QED) is 0.544. The molecule has 0 saturated carbocycles. The maximum Gasteiger partial charge on any atom is 0.262 e. The van der Waals surface area contributed by atoms with Crippen LogP contribution >= 0.6 is 23.3 Å². The van der Waals surface area contributed by atoms with Gasteiger partial charge in [0.05, 0.1) is 11.9 Å². The van der Waals surface area contributed by atoms with Crippen LogP contribution in [0.4, 0.5) is 5.13 Å². The number of aromatic nitrogens is 6. The van der Waals surface area contributed by atoms with Gasteiger partial charge in [-0.2, -0.15) is 9.47 Å². The molecule has 0 saturated heterocycles. The number of aromatic amines is 2. The third-order valence-corrected chi connectivity index (χ3v) is 4.27. The van der Waals surface area contributed by atoms with Crippen molar-refractivity contribution in [2.24, 2.45) is 0 Å². The predicted molar refractivity (Wildman–Crippen MR) is 78.3 cm³/mol. The van der Waals surface area contributed by atoms with Gasteiger partial charge >= 0.3 is 0 Å². The Kier molecular flexibility index (Phi) is 3.40. The summed E-state index contributed by atoms with van der Waals surface area (Å²) in [7, 11) is 3.84. The first-order valence-corrected chi connectivity index (χ1v) is 7.45. The molecule has 0 aromatic carbocycles. The van der Waals surface area contributed by atoms with Crippen LogP contribution in [0, 0.1) is 0 Å². The zero-order chi connectivity index (χ0) is 14.1. The molecule has 0 aliphatic rings. The van der Waals surface area contributed by atoms with Crippen molar-refractivity contribution in [3.05, 3.63) is 22.4 Å². The first-order valence-electron chi connectivity index (χ1n) is 5.69. The third-order valence-electron chi connectivity index (χ3n) is 2.48. The van der Waals surface area contributed by atoms with Crippen LogP contribution < -0.4 is 10.5 Å². The van der Waals surface area contributed by atoms with E-state index in [2.05, 4.69) is 29.5 Å². The van der Waals surface area contributed by atoms with Gasteiger partial charge in [0.15, 0.2) is 16.6 Å². The number of nitrogens with zero attached hydrogens (tertiary/aromatic N) is 5. The minimum Gasteiger partial charge on any atom is -0.353 e. The van der Waals surface area contributed by atoms with Crippen molar-refractivity contribution in [2.75, 3.05) is 19.0 Å². The molecule has 0 aliphatic carbocycles. The van der Waals surface area contributed by atoms with Crippen molar-refractivity contribution in [3.8, 4) is 0 Å². The number of hydrogen-bond donors (Lipinski definition) is 2. The van der Waals surface area contributed by atoms with E-state index in [1.165, 1.54) is 29.5 Å². The van der Waals surface area contributed by atoms with Crippen LogP contribution in [0.1, 0.15) is 5.82 Å². The molecule has 0 atom stereocenters. The number of rotatable bonds is 4. The van der Waals surface area contributed by atoms with Crippen LogP contribution in [0.15, 0.2) is 16.1 Å². The summed E-state index contributed by atoms with van der Waals surface area (Å²) in [5.74, 6) is 1.27. The first kappa shape index (κ1) is 13.1. The fraction of sp³-hybridized carbons (Fsp3) is 0.300. The van der Waals surface area contributed by atoms with Gasteiger partial charge in [0.1, 0.15) is 5.39 Å². The van der Waals surface area contributed by atoms with E-state index in [0.29, 0.717) is 21.9 Å². The van der Waals surface area contributed by atoms with Crippen molar-refractivity contribution in [1.82, 2.24) is 29.5 Å². The molecule has 10 heteroatoms. The summed E-state index contributed by atoms with van der Waals surface area (Å²) in [4.78, 5) is 25.0. The topological polar surface area (TPSA) is 103 Å². The Morgan fingerprint density at radius 3 is 3.00 bits per heavy atom. The van der Waals surface area contributed by atoms with Crippen molar-refractivity contribution in [3.63, 3.8) is 0 Å². The lowest BCUT2D eigenvalue weighted by molar-refractivity contribution is 0.954. The highest BCUT2D eigenvalue weighted by molar-refractivity contribution is 7.98. The van der Waals surface area contributed by atoms with E-state index in [-0.39, 0.29) is 5.56 Å². The lowest BCUT2D eigenvalue weighted by Gasteiger charge is -2.04. The molecule has 3 heterocycles. The Morgan fingerprint density at radius 1 is 1.40 bits per heavy atom. The summed E-state index contributed by atoms with van der Waals surface area (Å²) in [5, 5.41) is 8.32. The molecule has 0 radical (unpaired) electrons. The molecule has 3 aromatic rings. The minimum absolute atomic E-state index is 0.202. The number of H-pyrrole nitrogens is 2. The highest BCUT2D eigenvalue weighted by Crippen LogP contribution is 2.21. The fourth-order valence-electron chi connectivity index (χ4n) is 1.51. The number of hydrogen-bond acceptors (Lipinski definition) is 8. The molecule has 8 nitrogen and oxygen atoms in total. The average molecular weight is 309 g/mol. The van der Waals surface area contributed by atoms with E-state index in [4.69, 9.17) is 0 Å². The van der Waals surface area contributed by atoms with Crippen molar-refractivity contribution in [1.29, 1.82) is 0 Å². The lowest BCUT2D eigenvalue weighted by Crippen LogP contribution is -2.08. The molecular formula is C10H11N7OS2. The number of anilines is 1. The summed E-state index contributed by atoms with van der Waals surface area (Å²) in [6, 6.07) is 0. The van der Waals surface area contributed by atoms with Crippen molar-refractivity contribution < 1.29 is 0 Å². The molecular weight excluding hydrogens is 298 g/mol. The van der Waals surface area contributed by atoms with Gasteiger partial charge in [-0.3, -0.25) is 9.89 Å². The Bertz CT molecular complexity index is 790. The van der Waals surface area contributed by atoms with E-state index in [9.17, 15) is 4.79 Å². The molecule has 0 aliphatic heterocycles. The van der Waals surface area contributed by atoms with E-state index in [1.807, 2.05) is 19.0 Å². The highest BCUT2D eigenvalue weighted by Gasteiger charge is 2.09. The molecule has 2 N–H and O–H groups in total. The summed E-state index contributed by atoms with van der Waals surface area (Å²) in [5.41, 5.74) is 0.280. The largest absolute Gasteiger partial charge is 0.353 e. The molecule has 3 aromatic heterocycles. The van der Waals surface area contributed by atoms with Crippen LogP contribution in [0.5, 0.6) is 0 Å². The monoisotopic (exact) mass is 309 g/mol. The standard InChI is InChI=1S/C10H11N7OS2/c1-17(2)10-12-6(16-20-10)4-19-9-13-7-5(3-11-15-7)8(18)14-9/h3H,4H2,1-2H3,(H2,11,13,14,15,18). The summed E-state index contributed by atoms with van der Waals surface area (Å²) in [6.07, 6.45) is 1.46. The van der Waals surface area contributed by atoms with Gasteiger partial charge in [-0.15, -0.1) is 0 Å². The summed E-state index contributed by atoms with van der Waals surface area (Å²) >= 11 is 2.72. The zero-order valence-corrected chi connectivity index (χ0v) is 12.4. The molecule has 0 fully saturated rings. The van der Waals surface area contributed by atoms with Gasteiger partial charge in [-0.25, -0.2) is 9.97 Å². The van der Waals surface area contributed by atoms with Crippen LogP contribution in [-0.2, 0) is 5.75 Å². The third kappa shape index (κ3) is 2.51. The van der Waals surface area contributed by atoms with Crippen LogP contribution in [0.2, 0.25) is 0 Å². The Morgan fingerprint density at radius 2 is 2.25 bits per heavy atom. The van der Waals surface area contributed by atoms with Gasteiger partial charge in [0.2, 0.25) is 5.13 Å². The predicted octanol–water partition coefficient (Wildman–Crippen LogP) is 0.856.